The number of nitrogens with zero attached hydrogens (tertiary/aromatic N) is 3. The summed E-state index contributed by atoms with van der Waals surface area (Å²) in [5.41, 5.74) is 6.19. The monoisotopic (exact) mass is 683 g/mol. The van der Waals surface area contributed by atoms with E-state index in [2.05, 4.69) is 24.3 Å². The van der Waals surface area contributed by atoms with Gasteiger partial charge in [0, 0.05) is 27.5 Å². The van der Waals surface area contributed by atoms with Gasteiger partial charge in [0.15, 0.2) is 17.5 Å². The highest BCUT2D eigenvalue weighted by Crippen LogP contribution is 2.39. The minimum Gasteiger partial charge on any atom is -0.456 e. The number of rotatable bonds is 6. The van der Waals surface area contributed by atoms with Crippen LogP contribution in [0.25, 0.3) is 100 Å². The van der Waals surface area contributed by atoms with Crippen molar-refractivity contribution in [3.05, 3.63) is 188 Å². The second-order valence-corrected chi connectivity index (χ2v) is 12.7. The number of hydrogen-bond donors (Lipinski definition) is 0. The highest BCUT2D eigenvalue weighted by molar-refractivity contribution is 6.13. The van der Waals surface area contributed by atoms with Crippen LogP contribution >= 0.6 is 0 Å². The van der Waals surface area contributed by atoms with Gasteiger partial charge in [0.2, 0.25) is 0 Å². The summed E-state index contributed by atoms with van der Waals surface area (Å²) in [7, 11) is 0. The van der Waals surface area contributed by atoms with Crippen molar-refractivity contribution in [2.45, 2.75) is 0 Å². The molecule has 0 N–H and O–H groups in total. The van der Waals surface area contributed by atoms with Gasteiger partial charge in [0.05, 0.1) is 8.22 Å². The summed E-state index contributed by atoms with van der Waals surface area (Å²) >= 11 is 0. The normalized spacial score (nSPS) is 13.0. The largest absolute Gasteiger partial charge is 0.456 e. The molecule has 0 saturated carbocycles. The van der Waals surface area contributed by atoms with E-state index in [1.165, 1.54) is 0 Å². The van der Waals surface area contributed by atoms with Crippen molar-refractivity contribution >= 4 is 32.7 Å². The summed E-state index contributed by atoms with van der Waals surface area (Å²) in [6.45, 7) is 0. The Morgan fingerprint density at radius 1 is 0.396 bits per heavy atom. The quantitative estimate of drug-likeness (QED) is 0.175. The topological polar surface area (TPSA) is 51.8 Å². The first-order valence-electron chi connectivity index (χ1n) is 20.3. The first-order valence-corrected chi connectivity index (χ1v) is 17.3. The Morgan fingerprint density at radius 3 is 1.66 bits per heavy atom. The average Bonchev–Trinajstić information content (AvgIpc) is 3.69. The Balaban J connectivity index is 1.24. The van der Waals surface area contributed by atoms with Gasteiger partial charge >= 0.3 is 0 Å². The Labute approximate surface area is 315 Å². The minimum absolute atomic E-state index is 0.00847. The number of hydrogen-bond acceptors (Lipinski definition) is 4. The molecule has 53 heavy (non-hydrogen) atoms. The molecule has 0 spiro atoms. The summed E-state index contributed by atoms with van der Waals surface area (Å²) in [5.74, 6) is 0.633. The molecule has 4 nitrogen and oxygen atoms in total. The maximum absolute atomic E-state index is 9.58. The van der Waals surface area contributed by atoms with Gasteiger partial charge in [-0.05, 0) is 74.4 Å². The third-order valence-electron chi connectivity index (χ3n) is 9.45. The highest BCUT2D eigenvalue weighted by atomic mass is 16.3. The van der Waals surface area contributed by atoms with Gasteiger partial charge in [0.1, 0.15) is 11.2 Å². The predicted octanol–water partition coefficient (Wildman–Crippen LogP) is 12.9. The van der Waals surface area contributed by atoms with E-state index in [-0.39, 0.29) is 69.6 Å². The first kappa shape index (κ1) is 24.9. The molecule has 0 saturated heterocycles. The molecule has 248 valence electrons. The smallest absolute Gasteiger partial charge is 0.164 e. The van der Waals surface area contributed by atoms with Crippen LogP contribution in [0.4, 0.5) is 0 Å². The molecule has 4 heteroatoms. The van der Waals surface area contributed by atoms with E-state index < -0.39 is 0 Å². The van der Waals surface area contributed by atoms with Gasteiger partial charge in [-0.1, -0.05) is 158 Å². The van der Waals surface area contributed by atoms with Crippen molar-refractivity contribution in [1.82, 2.24) is 15.0 Å². The Hall–Kier alpha value is -7.17. The molecular formula is C49H31N3O. The number of aromatic nitrogens is 3. The second-order valence-electron chi connectivity index (χ2n) is 12.7. The number of fused-ring (bicyclic) bond motifs is 4. The van der Waals surface area contributed by atoms with E-state index in [1.54, 1.807) is 24.3 Å². The zero-order valence-corrected chi connectivity index (χ0v) is 28.2. The molecule has 0 fully saturated rings. The Bertz CT molecular complexity index is 3280. The highest BCUT2D eigenvalue weighted by Gasteiger charge is 2.18. The van der Waals surface area contributed by atoms with Gasteiger partial charge in [0.25, 0.3) is 0 Å². The molecule has 0 amide bonds. The summed E-state index contributed by atoms with van der Waals surface area (Å²) in [4.78, 5) is 14.9. The maximum atomic E-state index is 9.58. The lowest BCUT2D eigenvalue weighted by atomic mass is 9.92. The molecule has 0 aliphatic heterocycles. The van der Waals surface area contributed by atoms with Crippen molar-refractivity contribution in [3.8, 4) is 67.5 Å². The lowest BCUT2D eigenvalue weighted by Crippen LogP contribution is -2.00. The Kier molecular flexibility index (Phi) is 6.04. The minimum atomic E-state index is -0.338. The molecule has 0 aliphatic carbocycles. The van der Waals surface area contributed by atoms with Crippen molar-refractivity contribution in [3.63, 3.8) is 0 Å². The fraction of sp³-hybridized carbons (Fsp3) is 0. The van der Waals surface area contributed by atoms with Crippen LogP contribution in [0, 0.1) is 0 Å². The van der Waals surface area contributed by atoms with Crippen LogP contribution < -0.4 is 0 Å². The third kappa shape index (κ3) is 5.63. The standard InChI is InChI=1S/C49H31N3O/c1-4-14-33(15-5-1)40-27-25-38(30-43(40)35-18-8-3-9-19-35)48-50-47(37-24-23-32-13-10-11-20-36(32)29-37)51-49(52-48)39-26-28-42-45(31-39)53-44-22-12-21-41(46(42)44)34-16-6-2-7-17-34/h1-31H/i12D,21D,22D,26D,28D,31D. The van der Waals surface area contributed by atoms with Gasteiger partial charge in [-0.25, -0.2) is 15.0 Å². The van der Waals surface area contributed by atoms with Crippen molar-refractivity contribution < 1.29 is 12.6 Å². The molecule has 2 heterocycles. The van der Waals surface area contributed by atoms with Crippen LogP contribution in [-0.2, 0) is 0 Å². The molecule has 0 unspecified atom stereocenters. The van der Waals surface area contributed by atoms with E-state index in [0.29, 0.717) is 33.9 Å². The molecule has 8 aromatic carbocycles. The summed E-state index contributed by atoms with van der Waals surface area (Å²) in [5, 5.41) is 2.39. The summed E-state index contributed by atoms with van der Waals surface area (Å²) in [6.07, 6.45) is 0. The third-order valence-corrected chi connectivity index (χ3v) is 9.45. The molecular weight excluding hydrogens is 647 g/mol. The Morgan fingerprint density at radius 2 is 0.962 bits per heavy atom. The fourth-order valence-corrected chi connectivity index (χ4v) is 6.86. The molecule has 0 bridgehead atoms. The van der Waals surface area contributed by atoms with Gasteiger partial charge in [-0.3, -0.25) is 0 Å². The maximum Gasteiger partial charge on any atom is 0.164 e. The summed E-state index contributed by atoms with van der Waals surface area (Å²) in [6, 6.07) is 47.5. The lowest BCUT2D eigenvalue weighted by Gasteiger charge is -2.14. The van der Waals surface area contributed by atoms with Gasteiger partial charge in [-0.15, -0.1) is 0 Å². The number of benzene rings is 8. The zero-order valence-electron chi connectivity index (χ0n) is 34.2. The molecule has 10 rings (SSSR count). The average molecular weight is 684 g/mol. The molecule has 10 aromatic rings. The van der Waals surface area contributed by atoms with Crippen molar-refractivity contribution in [2.75, 3.05) is 0 Å². The van der Waals surface area contributed by atoms with E-state index in [9.17, 15) is 4.11 Å². The zero-order chi connectivity index (χ0) is 40.4. The fourth-order valence-electron chi connectivity index (χ4n) is 6.86. The molecule has 2 aromatic heterocycles. The molecule has 0 atom stereocenters. The van der Waals surface area contributed by atoms with E-state index in [1.807, 2.05) is 103 Å². The predicted molar refractivity (Wildman–Crippen MR) is 217 cm³/mol. The van der Waals surface area contributed by atoms with E-state index in [0.717, 1.165) is 33.0 Å². The van der Waals surface area contributed by atoms with Crippen molar-refractivity contribution in [2.24, 2.45) is 0 Å². The number of furan rings is 1. The van der Waals surface area contributed by atoms with Crippen LogP contribution in [0.1, 0.15) is 8.22 Å². The van der Waals surface area contributed by atoms with Crippen LogP contribution in [0.2, 0.25) is 0 Å². The van der Waals surface area contributed by atoms with Crippen LogP contribution in [-0.4, -0.2) is 15.0 Å². The van der Waals surface area contributed by atoms with Crippen LogP contribution in [0.5, 0.6) is 0 Å². The van der Waals surface area contributed by atoms with Crippen LogP contribution in [0.3, 0.4) is 0 Å². The second kappa shape index (κ2) is 12.9. The van der Waals surface area contributed by atoms with E-state index in [4.69, 9.17) is 23.5 Å². The molecule has 0 aliphatic rings. The first-order chi connectivity index (χ1) is 28.8. The molecule has 0 radical (unpaired) electrons. The van der Waals surface area contributed by atoms with Gasteiger partial charge < -0.3 is 4.42 Å². The van der Waals surface area contributed by atoms with Crippen LogP contribution in [0.15, 0.2) is 192 Å². The SMILES string of the molecule is [2H]c1c([2H])c(-c2ccccc2)c2c(oc3c([2H])c(-c4nc(-c5ccc(-c6ccccc6)c(-c6ccccc6)c5)nc(-c5ccc6ccccc6c5)n4)c([2H])c([2H])c32)c1[2H]. The summed E-state index contributed by atoms with van der Waals surface area (Å²) < 4.78 is 61.0. The lowest BCUT2D eigenvalue weighted by molar-refractivity contribution is 0.669. The van der Waals surface area contributed by atoms with Crippen molar-refractivity contribution in [1.29, 1.82) is 0 Å². The van der Waals surface area contributed by atoms with Gasteiger partial charge in [-0.2, -0.15) is 0 Å². The van der Waals surface area contributed by atoms with E-state index >= 15 is 0 Å².